The quantitative estimate of drug-likeness (QED) is 0.910. The SMILES string of the molecule is Cc1ccc(C(N)c2ccc(Br)c(C)c2)o1. The molecule has 0 fully saturated rings. The predicted octanol–water partition coefficient (Wildman–Crippen LogP) is 3.71. The van der Waals surface area contributed by atoms with E-state index in [1.807, 2.05) is 38.1 Å². The summed E-state index contributed by atoms with van der Waals surface area (Å²) in [5, 5.41) is 0. The highest BCUT2D eigenvalue weighted by atomic mass is 79.9. The lowest BCUT2D eigenvalue weighted by molar-refractivity contribution is 0.466. The molecule has 3 heteroatoms. The van der Waals surface area contributed by atoms with Crippen LogP contribution in [0.5, 0.6) is 0 Å². The third kappa shape index (κ3) is 2.20. The second-order valence-electron chi connectivity index (χ2n) is 3.93. The van der Waals surface area contributed by atoms with E-state index in [0.717, 1.165) is 21.6 Å². The van der Waals surface area contributed by atoms with Crippen LogP contribution in [0.2, 0.25) is 0 Å². The Labute approximate surface area is 104 Å². The normalized spacial score (nSPS) is 12.8. The van der Waals surface area contributed by atoms with Crippen LogP contribution in [-0.2, 0) is 0 Å². The van der Waals surface area contributed by atoms with Gasteiger partial charge in [-0.3, -0.25) is 0 Å². The molecule has 1 aromatic carbocycles. The fourth-order valence-electron chi connectivity index (χ4n) is 1.65. The van der Waals surface area contributed by atoms with E-state index in [0.29, 0.717) is 0 Å². The largest absolute Gasteiger partial charge is 0.464 e. The molecule has 0 amide bonds. The van der Waals surface area contributed by atoms with E-state index in [1.54, 1.807) is 0 Å². The smallest absolute Gasteiger partial charge is 0.125 e. The maximum absolute atomic E-state index is 6.14. The van der Waals surface area contributed by atoms with Gasteiger partial charge in [0.1, 0.15) is 11.5 Å². The van der Waals surface area contributed by atoms with Gasteiger partial charge in [0.15, 0.2) is 0 Å². The summed E-state index contributed by atoms with van der Waals surface area (Å²) in [5.41, 5.74) is 8.38. The third-order valence-electron chi connectivity index (χ3n) is 2.61. The van der Waals surface area contributed by atoms with Gasteiger partial charge in [-0.25, -0.2) is 0 Å². The van der Waals surface area contributed by atoms with Crippen molar-refractivity contribution in [3.05, 3.63) is 57.5 Å². The number of furan rings is 1. The fourth-order valence-corrected chi connectivity index (χ4v) is 1.89. The van der Waals surface area contributed by atoms with Gasteiger partial charge in [0.25, 0.3) is 0 Å². The number of aryl methyl sites for hydroxylation is 2. The molecule has 1 atom stereocenters. The summed E-state index contributed by atoms with van der Waals surface area (Å²) < 4.78 is 6.63. The van der Waals surface area contributed by atoms with Crippen LogP contribution in [-0.4, -0.2) is 0 Å². The minimum atomic E-state index is -0.194. The molecule has 0 saturated carbocycles. The van der Waals surface area contributed by atoms with Crippen molar-refractivity contribution in [1.82, 2.24) is 0 Å². The van der Waals surface area contributed by atoms with Crippen LogP contribution in [0.15, 0.2) is 39.2 Å². The Morgan fingerprint density at radius 1 is 1.19 bits per heavy atom. The van der Waals surface area contributed by atoms with E-state index in [1.165, 1.54) is 5.56 Å². The molecule has 2 nitrogen and oxygen atoms in total. The van der Waals surface area contributed by atoms with Crippen LogP contribution in [0.1, 0.15) is 28.7 Å². The van der Waals surface area contributed by atoms with Crippen LogP contribution in [0, 0.1) is 13.8 Å². The summed E-state index contributed by atoms with van der Waals surface area (Å²) in [4.78, 5) is 0. The van der Waals surface area contributed by atoms with Gasteiger partial charge in [-0.05, 0) is 43.2 Å². The Morgan fingerprint density at radius 3 is 2.50 bits per heavy atom. The Morgan fingerprint density at radius 2 is 1.94 bits per heavy atom. The minimum Gasteiger partial charge on any atom is -0.464 e. The first-order valence-electron chi connectivity index (χ1n) is 5.16. The topological polar surface area (TPSA) is 39.2 Å². The van der Waals surface area contributed by atoms with Crippen molar-refractivity contribution >= 4 is 15.9 Å². The Kier molecular flexibility index (Phi) is 3.17. The Balaban J connectivity index is 2.33. The van der Waals surface area contributed by atoms with Crippen molar-refractivity contribution in [2.75, 3.05) is 0 Å². The highest BCUT2D eigenvalue weighted by molar-refractivity contribution is 9.10. The molecule has 84 valence electrons. The molecule has 16 heavy (non-hydrogen) atoms. The molecule has 0 spiro atoms. The van der Waals surface area contributed by atoms with Gasteiger partial charge in [0.05, 0.1) is 6.04 Å². The van der Waals surface area contributed by atoms with Crippen LogP contribution >= 0.6 is 15.9 Å². The van der Waals surface area contributed by atoms with Crippen molar-refractivity contribution in [2.45, 2.75) is 19.9 Å². The summed E-state index contributed by atoms with van der Waals surface area (Å²) in [6.45, 7) is 3.97. The molecule has 2 N–H and O–H groups in total. The van der Waals surface area contributed by atoms with E-state index in [-0.39, 0.29) is 6.04 Å². The van der Waals surface area contributed by atoms with E-state index in [4.69, 9.17) is 10.2 Å². The molecule has 1 aromatic heterocycles. The van der Waals surface area contributed by atoms with Gasteiger partial charge in [0, 0.05) is 4.47 Å². The maximum atomic E-state index is 6.14. The van der Waals surface area contributed by atoms with Crippen LogP contribution < -0.4 is 5.73 Å². The second-order valence-corrected chi connectivity index (χ2v) is 4.79. The first kappa shape index (κ1) is 11.4. The van der Waals surface area contributed by atoms with Gasteiger partial charge in [-0.15, -0.1) is 0 Å². The van der Waals surface area contributed by atoms with Crippen LogP contribution in [0.3, 0.4) is 0 Å². The molecular weight excluding hydrogens is 266 g/mol. The highest BCUT2D eigenvalue weighted by Gasteiger charge is 2.13. The van der Waals surface area contributed by atoms with Gasteiger partial charge in [-0.1, -0.05) is 28.1 Å². The van der Waals surface area contributed by atoms with Crippen molar-refractivity contribution in [2.24, 2.45) is 5.73 Å². The zero-order valence-corrected chi connectivity index (χ0v) is 10.9. The molecule has 2 rings (SSSR count). The van der Waals surface area contributed by atoms with Crippen molar-refractivity contribution in [3.8, 4) is 0 Å². The third-order valence-corrected chi connectivity index (χ3v) is 3.50. The lowest BCUT2D eigenvalue weighted by Gasteiger charge is -2.10. The summed E-state index contributed by atoms with van der Waals surface area (Å²) in [5.74, 6) is 1.69. The summed E-state index contributed by atoms with van der Waals surface area (Å²) in [6.07, 6.45) is 0. The van der Waals surface area contributed by atoms with Crippen LogP contribution in [0.4, 0.5) is 0 Å². The molecule has 2 aromatic rings. The van der Waals surface area contributed by atoms with E-state index >= 15 is 0 Å². The van der Waals surface area contributed by atoms with Crippen LogP contribution in [0.25, 0.3) is 0 Å². The number of halogens is 1. The van der Waals surface area contributed by atoms with Crippen molar-refractivity contribution < 1.29 is 4.42 Å². The highest BCUT2D eigenvalue weighted by Crippen LogP contribution is 2.25. The minimum absolute atomic E-state index is 0.194. The van der Waals surface area contributed by atoms with Gasteiger partial charge >= 0.3 is 0 Å². The lowest BCUT2D eigenvalue weighted by Crippen LogP contribution is -2.11. The lowest BCUT2D eigenvalue weighted by atomic mass is 10.0. The first-order valence-corrected chi connectivity index (χ1v) is 5.95. The Hall–Kier alpha value is -1.06. The molecule has 1 unspecified atom stereocenters. The number of nitrogens with two attached hydrogens (primary N) is 1. The summed E-state index contributed by atoms with van der Waals surface area (Å²) in [7, 11) is 0. The van der Waals surface area contributed by atoms with E-state index < -0.39 is 0 Å². The van der Waals surface area contributed by atoms with Gasteiger partial charge in [-0.2, -0.15) is 0 Å². The standard InChI is InChI=1S/C13H14BrNO/c1-8-7-10(4-5-11(8)14)13(15)12-6-3-9(2)16-12/h3-7,13H,15H2,1-2H3. The number of rotatable bonds is 2. The van der Waals surface area contributed by atoms with Crippen molar-refractivity contribution in [3.63, 3.8) is 0 Å². The Bertz CT molecular complexity index is 504. The molecular formula is C13H14BrNO. The average molecular weight is 280 g/mol. The maximum Gasteiger partial charge on any atom is 0.125 e. The zero-order chi connectivity index (χ0) is 11.7. The second kappa shape index (κ2) is 4.44. The zero-order valence-electron chi connectivity index (χ0n) is 9.33. The van der Waals surface area contributed by atoms with E-state index in [9.17, 15) is 0 Å². The summed E-state index contributed by atoms with van der Waals surface area (Å²) >= 11 is 3.47. The molecule has 1 heterocycles. The van der Waals surface area contributed by atoms with E-state index in [2.05, 4.69) is 22.0 Å². The first-order chi connectivity index (χ1) is 7.58. The van der Waals surface area contributed by atoms with Gasteiger partial charge in [0.2, 0.25) is 0 Å². The molecule has 0 saturated heterocycles. The predicted molar refractivity (Wildman–Crippen MR) is 68.4 cm³/mol. The summed E-state index contributed by atoms with van der Waals surface area (Å²) in [6, 6.07) is 9.77. The molecule has 0 aliphatic rings. The van der Waals surface area contributed by atoms with Crippen molar-refractivity contribution in [1.29, 1.82) is 0 Å². The van der Waals surface area contributed by atoms with Gasteiger partial charge < -0.3 is 10.2 Å². The fraction of sp³-hybridized carbons (Fsp3) is 0.231. The molecule has 0 bridgehead atoms. The number of benzene rings is 1. The monoisotopic (exact) mass is 279 g/mol. The molecule has 0 radical (unpaired) electrons. The number of hydrogen-bond donors (Lipinski definition) is 1. The number of hydrogen-bond acceptors (Lipinski definition) is 2. The average Bonchev–Trinajstić information content (AvgIpc) is 2.68. The molecule has 0 aliphatic heterocycles. The molecule has 0 aliphatic carbocycles.